The fourth-order valence-electron chi connectivity index (χ4n) is 3.01. The lowest BCUT2D eigenvalue weighted by molar-refractivity contribution is -0.115. The normalized spacial score (nSPS) is 11.5. The van der Waals surface area contributed by atoms with Gasteiger partial charge >= 0.3 is 0 Å². The molecule has 0 spiro atoms. The highest BCUT2D eigenvalue weighted by molar-refractivity contribution is 7.92. The summed E-state index contributed by atoms with van der Waals surface area (Å²) >= 11 is 5.65. The number of aryl methyl sites for hydroxylation is 2. The number of amides is 1. The van der Waals surface area contributed by atoms with Gasteiger partial charge in [-0.2, -0.15) is 0 Å². The zero-order chi connectivity index (χ0) is 22.9. The van der Waals surface area contributed by atoms with Gasteiger partial charge < -0.3 is 9.84 Å². The molecule has 0 fully saturated rings. The summed E-state index contributed by atoms with van der Waals surface area (Å²) in [4.78, 5) is 12.5. The van der Waals surface area contributed by atoms with E-state index < -0.39 is 10.0 Å². The lowest BCUT2D eigenvalue weighted by Crippen LogP contribution is -2.16. The molecule has 0 bridgehead atoms. The van der Waals surface area contributed by atoms with Gasteiger partial charge in [0, 0.05) is 11.1 Å². The number of halogens is 1. The van der Waals surface area contributed by atoms with E-state index >= 15 is 0 Å². The van der Waals surface area contributed by atoms with Crippen molar-refractivity contribution >= 4 is 50.0 Å². The molecule has 1 amide bonds. The van der Waals surface area contributed by atoms with Gasteiger partial charge in [0.15, 0.2) is 16.6 Å². The van der Waals surface area contributed by atoms with Gasteiger partial charge in [-0.15, -0.1) is 10.2 Å². The van der Waals surface area contributed by atoms with E-state index in [-0.39, 0.29) is 28.2 Å². The van der Waals surface area contributed by atoms with Gasteiger partial charge in [0.25, 0.3) is 10.0 Å². The molecule has 4 rings (SSSR count). The van der Waals surface area contributed by atoms with Crippen LogP contribution in [0.15, 0.2) is 57.9 Å². The molecule has 32 heavy (non-hydrogen) atoms. The van der Waals surface area contributed by atoms with Crippen molar-refractivity contribution < 1.29 is 17.7 Å². The molecule has 0 aliphatic heterocycles. The largest absolute Gasteiger partial charge is 0.356 e. The second-order valence-corrected chi connectivity index (χ2v) is 9.23. The molecule has 0 unspecified atom stereocenters. The highest BCUT2D eigenvalue weighted by Crippen LogP contribution is 2.23. The van der Waals surface area contributed by atoms with Crippen LogP contribution in [-0.2, 0) is 21.2 Å². The highest BCUT2D eigenvalue weighted by atomic mass is 35.5. The van der Waals surface area contributed by atoms with E-state index in [1.807, 2.05) is 26.0 Å². The predicted octanol–water partition coefficient (Wildman–Crippen LogP) is 3.87. The van der Waals surface area contributed by atoms with Crippen molar-refractivity contribution in [3.8, 4) is 0 Å². The number of anilines is 2. The van der Waals surface area contributed by atoms with E-state index in [1.54, 1.807) is 0 Å². The Morgan fingerprint density at radius 2 is 1.75 bits per heavy atom. The Bertz CT molecular complexity index is 1400. The Hall–Kier alpha value is -3.50. The van der Waals surface area contributed by atoms with Gasteiger partial charge in [-0.3, -0.25) is 9.52 Å². The number of nitrogens with one attached hydrogen (secondary N) is 2. The number of carbonyl (C=O) groups is 1. The molecule has 2 N–H and O–H groups in total. The molecule has 4 aromatic rings. The van der Waals surface area contributed by atoms with Gasteiger partial charge in [0.05, 0.1) is 11.3 Å². The van der Waals surface area contributed by atoms with Crippen molar-refractivity contribution in [1.29, 1.82) is 0 Å². The minimum atomic E-state index is -3.88. The molecule has 9 nitrogen and oxygen atoms in total. The van der Waals surface area contributed by atoms with Gasteiger partial charge in [-0.1, -0.05) is 16.8 Å². The Morgan fingerprint density at radius 1 is 1.03 bits per heavy atom. The molecule has 0 saturated carbocycles. The molecular weight excluding hydrogens is 454 g/mol. The first kappa shape index (κ1) is 21.7. The van der Waals surface area contributed by atoms with E-state index in [1.165, 1.54) is 36.4 Å². The van der Waals surface area contributed by atoms with Crippen molar-refractivity contribution in [2.24, 2.45) is 0 Å². The monoisotopic (exact) mass is 471 g/mol. The van der Waals surface area contributed by atoms with Crippen LogP contribution in [0.5, 0.6) is 0 Å². The summed E-state index contributed by atoms with van der Waals surface area (Å²) in [5.41, 5.74) is 3.77. The minimum absolute atomic E-state index is 0.000546. The quantitative estimate of drug-likeness (QED) is 0.437. The van der Waals surface area contributed by atoms with Crippen molar-refractivity contribution in [3.63, 3.8) is 0 Å². The van der Waals surface area contributed by atoms with E-state index in [0.717, 1.165) is 16.5 Å². The zero-order valence-electron chi connectivity index (χ0n) is 17.1. The first-order chi connectivity index (χ1) is 15.2. The van der Waals surface area contributed by atoms with Crippen molar-refractivity contribution in [2.75, 3.05) is 10.0 Å². The number of hydrogen-bond acceptors (Lipinski definition) is 7. The topological polar surface area (TPSA) is 127 Å². The Morgan fingerprint density at radius 3 is 2.44 bits per heavy atom. The number of benzene rings is 2. The van der Waals surface area contributed by atoms with Crippen molar-refractivity contribution in [2.45, 2.75) is 25.2 Å². The van der Waals surface area contributed by atoms with Crippen LogP contribution in [0, 0.1) is 13.8 Å². The smallest absolute Gasteiger partial charge is 0.263 e. The van der Waals surface area contributed by atoms with Crippen molar-refractivity contribution in [1.82, 2.24) is 15.4 Å². The van der Waals surface area contributed by atoms with Crippen LogP contribution < -0.4 is 10.0 Å². The van der Waals surface area contributed by atoms with Crippen LogP contribution >= 0.6 is 11.6 Å². The predicted molar refractivity (Wildman–Crippen MR) is 120 cm³/mol. The molecular formula is C21H18ClN5O4S. The second-order valence-electron chi connectivity index (χ2n) is 7.16. The third kappa shape index (κ3) is 4.71. The summed E-state index contributed by atoms with van der Waals surface area (Å²) in [5, 5.41) is 14.9. The van der Waals surface area contributed by atoms with E-state index in [4.69, 9.17) is 16.1 Å². The number of hydrogen-bond donors (Lipinski definition) is 2. The minimum Gasteiger partial charge on any atom is -0.356 e. The van der Waals surface area contributed by atoms with Crippen LogP contribution in [0.4, 0.5) is 11.5 Å². The number of nitrogens with zero attached hydrogens (tertiary/aromatic N) is 3. The third-order valence-electron chi connectivity index (χ3n) is 4.81. The second kappa shape index (κ2) is 8.56. The lowest BCUT2D eigenvalue weighted by Gasteiger charge is -2.08. The summed E-state index contributed by atoms with van der Waals surface area (Å²) in [6.45, 7) is 3.96. The maximum atomic E-state index is 12.5. The van der Waals surface area contributed by atoms with E-state index in [0.29, 0.717) is 17.0 Å². The van der Waals surface area contributed by atoms with Gasteiger partial charge in [0.1, 0.15) is 5.69 Å². The fraction of sp³-hybridized carbons (Fsp3) is 0.143. The lowest BCUT2D eigenvalue weighted by atomic mass is 10.1. The molecule has 164 valence electrons. The van der Waals surface area contributed by atoms with Crippen LogP contribution in [0.25, 0.3) is 11.0 Å². The molecule has 2 aromatic heterocycles. The number of fused-ring (bicyclic) bond motifs is 1. The number of rotatable bonds is 6. The molecule has 0 saturated heterocycles. The average Bonchev–Trinajstić information content (AvgIpc) is 3.11. The van der Waals surface area contributed by atoms with Gasteiger partial charge in [-0.05, 0) is 73.5 Å². The van der Waals surface area contributed by atoms with Crippen LogP contribution in [0.3, 0.4) is 0 Å². The Labute approximate surface area is 188 Å². The summed E-state index contributed by atoms with van der Waals surface area (Å²) in [6.07, 6.45) is 0.0202. The first-order valence-corrected chi connectivity index (χ1v) is 11.3. The number of sulfonamides is 1. The Balaban J connectivity index is 1.44. The maximum absolute atomic E-state index is 12.5. The highest BCUT2D eigenvalue weighted by Gasteiger charge is 2.17. The third-order valence-corrected chi connectivity index (χ3v) is 6.38. The molecule has 2 aromatic carbocycles. The Kier molecular flexibility index (Phi) is 5.81. The summed E-state index contributed by atoms with van der Waals surface area (Å²) in [5.74, 6) is -0.263. The van der Waals surface area contributed by atoms with E-state index in [2.05, 4.69) is 25.4 Å². The van der Waals surface area contributed by atoms with Crippen molar-refractivity contribution in [3.05, 3.63) is 70.5 Å². The zero-order valence-corrected chi connectivity index (χ0v) is 18.7. The maximum Gasteiger partial charge on any atom is 0.263 e. The SMILES string of the molecule is Cc1cc2onc(CC(=O)Nc3ccc(S(=O)(=O)Nc4ccc(Cl)nn4)cc3)c2cc1C. The molecule has 0 atom stereocenters. The van der Waals surface area contributed by atoms with Crippen LogP contribution in [-0.4, -0.2) is 29.7 Å². The number of carbonyl (C=O) groups excluding carboxylic acids is 1. The first-order valence-electron chi connectivity index (χ1n) is 9.49. The van der Waals surface area contributed by atoms with Gasteiger partial charge in [-0.25, -0.2) is 8.42 Å². The fourth-order valence-corrected chi connectivity index (χ4v) is 4.11. The summed E-state index contributed by atoms with van der Waals surface area (Å²) in [7, 11) is -3.88. The van der Waals surface area contributed by atoms with E-state index in [9.17, 15) is 13.2 Å². The average molecular weight is 472 g/mol. The molecule has 0 aliphatic carbocycles. The van der Waals surface area contributed by atoms with Crippen LogP contribution in [0.1, 0.15) is 16.8 Å². The van der Waals surface area contributed by atoms with Gasteiger partial charge in [0.2, 0.25) is 5.91 Å². The standard InChI is InChI=1S/C21H18ClN5O4S/c1-12-9-16-17(26-31-18(16)10-13(12)2)11-21(28)23-14-3-5-15(6-4-14)32(29,30)27-20-8-7-19(22)24-25-20/h3-10H,11H2,1-2H3,(H,23,28)(H,25,27). The van der Waals surface area contributed by atoms with Crippen LogP contribution in [0.2, 0.25) is 5.15 Å². The summed E-state index contributed by atoms with van der Waals surface area (Å²) < 4.78 is 32.6. The molecule has 11 heteroatoms. The molecule has 2 heterocycles. The molecule has 0 radical (unpaired) electrons. The summed E-state index contributed by atoms with van der Waals surface area (Å²) in [6, 6.07) is 12.4. The number of aromatic nitrogens is 3. The molecule has 0 aliphatic rings.